The van der Waals surface area contributed by atoms with Crippen molar-refractivity contribution in [3.63, 3.8) is 0 Å². The molecule has 1 amide bonds. The van der Waals surface area contributed by atoms with E-state index in [0.717, 1.165) is 16.5 Å². The summed E-state index contributed by atoms with van der Waals surface area (Å²) in [6.45, 7) is 4.82. The van der Waals surface area contributed by atoms with Gasteiger partial charge in [0, 0.05) is 21.9 Å². The van der Waals surface area contributed by atoms with Gasteiger partial charge in [0.15, 0.2) is 0 Å². The fourth-order valence-corrected chi connectivity index (χ4v) is 3.77. The van der Waals surface area contributed by atoms with Crippen LogP contribution in [0.3, 0.4) is 0 Å². The van der Waals surface area contributed by atoms with Gasteiger partial charge in [0.2, 0.25) is 5.91 Å². The Kier molecular flexibility index (Phi) is 5.30. The number of carboxylic acids is 1. The molecular formula is C24H20FNO6. The van der Waals surface area contributed by atoms with Gasteiger partial charge in [-0.25, -0.2) is 9.18 Å². The Bertz CT molecular complexity index is 1430. The van der Waals surface area contributed by atoms with Gasteiger partial charge in [-0.15, -0.1) is 0 Å². The van der Waals surface area contributed by atoms with Crippen LogP contribution < -0.4 is 10.9 Å². The maximum Gasteiger partial charge on any atom is 0.340 e. The highest BCUT2D eigenvalue weighted by Crippen LogP contribution is 2.37. The molecule has 0 saturated heterocycles. The van der Waals surface area contributed by atoms with E-state index in [4.69, 9.17) is 13.9 Å². The molecule has 0 aliphatic heterocycles. The fraction of sp³-hybridized carbons (Fsp3) is 0.208. The molecule has 0 saturated carbocycles. The van der Waals surface area contributed by atoms with E-state index in [1.165, 1.54) is 19.1 Å². The van der Waals surface area contributed by atoms with Crippen molar-refractivity contribution < 1.29 is 27.9 Å². The summed E-state index contributed by atoms with van der Waals surface area (Å²) >= 11 is 0. The van der Waals surface area contributed by atoms with E-state index in [0.29, 0.717) is 27.7 Å². The van der Waals surface area contributed by atoms with Crippen molar-refractivity contribution in [1.82, 2.24) is 5.32 Å². The zero-order chi connectivity index (χ0) is 23.2. The van der Waals surface area contributed by atoms with Crippen LogP contribution in [-0.4, -0.2) is 23.0 Å². The fourth-order valence-electron chi connectivity index (χ4n) is 3.77. The van der Waals surface area contributed by atoms with Crippen molar-refractivity contribution in [2.45, 2.75) is 33.2 Å². The number of carboxylic acid groups (broad SMARTS) is 1. The number of carbonyl (C=O) groups is 2. The number of nitrogens with one attached hydrogen (secondary N) is 1. The van der Waals surface area contributed by atoms with Gasteiger partial charge in [0.1, 0.15) is 23.0 Å². The Morgan fingerprint density at radius 3 is 2.44 bits per heavy atom. The van der Waals surface area contributed by atoms with E-state index < -0.39 is 23.5 Å². The number of rotatable bonds is 5. The van der Waals surface area contributed by atoms with Crippen LogP contribution in [0.2, 0.25) is 0 Å². The number of hydrogen-bond acceptors (Lipinski definition) is 5. The SMILES string of the molecule is Cc1c(CC(=O)NC(C)C(=O)O)c(=O)oc2c(C)c3occ(-c4ccc(F)cc4)c3cc12. The van der Waals surface area contributed by atoms with Crippen LogP contribution in [-0.2, 0) is 16.0 Å². The molecule has 0 aliphatic carbocycles. The minimum Gasteiger partial charge on any atom is -0.480 e. The Morgan fingerprint density at radius 1 is 1.09 bits per heavy atom. The van der Waals surface area contributed by atoms with Crippen LogP contribution in [0.25, 0.3) is 33.1 Å². The predicted octanol–water partition coefficient (Wildman–Crippen LogP) is 4.09. The maximum atomic E-state index is 13.3. The van der Waals surface area contributed by atoms with Crippen LogP contribution in [0.15, 0.2) is 50.2 Å². The largest absolute Gasteiger partial charge is 0.480 e. The average molecular weight is 437 g/mol. The molecule has 0 fully saturated rings. The van der Waals surface area contributed by atoms with Crippen molar-refractivity contribution >= 4 is 33.8 Å². The summed E-state index contributed by atoms with van der Waals surface area (Å²) in [7, 11) is 0. The zero-order valence-electron chi connectivity index (χ0n) is 17.6. The molecule has 0 bridgehead atoms. The summed E-state index contributed by atoms with van der Waals surface area (Å²) in [5.74, 6) is -2.12. The molecule has 8 heteroatoms. The van der Waals surface area contributed by atoms with Crippen molar-refractivity contribution in [1.29, 1.82) is 0 Å². The highest BCUT2D eigenvalue weighted by atomic mass is 19.1. The van der Waals surface area contributed by atoms with Gasteiger partial charge in [-0.2, -0.15) is 0 Å². The molecule has 4 aromatic rings. The lowest BCUT2D eigenvalue weighted by molar-refractivity contribution is -0.141. The summed E-state index contributed by atoms with van der Waals surface area (Å²) in [4.78, 5) is 35.9. The average Bonchev–Trinajstić information content (AvgIpc) is 3.17. The number of hydrogen-bond donors (Lipinski definition) is 2. The number of carbonyl (C=O) groups excluding carboxylic acids is 1. The normalized spacial score (nSPS) is 12.2. The van der Waals surface area contributed by atoms with Gasteiger partial charge in [-0.1, -0.05) is 12.1 Å². The van der Waals surface area contributed by atoms with Crippen LogP contribution in [0, 0.1) is 19.7 Å². The lowest BCUT2D eigenvalue weighted by atomic mass is 9.97. The highest BCUT2D eigenvalue weighted by molar-refractivity contribution is 6.05. The van der Waals surface area contributed by atoms with Gasteiger partial charge < -0.3 is 19.3 Å². The van der Waals surface area contributed by atoms with Crippen molar-refractivity contribution in [2.24, 2.45) is 0 Å². The number of fused-ring (bicyclic) bond motifs is 2. The summed E-state index contributed by atoms with van der Waals surface area (Å²) in [5, 5.41) is 12.7. The molecule has 2 aromatic heterocycles. The third kappa shape index (κ3) is 3.64. The lowest BCUT2D eigenvalue weighted by Gasteiger charge is -2.12. The summed E-state index contributed by atoms with van der Waals surface area (Å²) < 4.78 is 24.6. The summed E-state index contributed by atoms with van der Waals surface area (Å²) in [6.07, 6.45) is 1.26. The Hall–Kier alpha value is -3.94. The molecule has 7 nitrogen and oxygen atoms in total. The minimum absolute atomic E-state index is 0.151. The number of furan rings is 1. The van der Waals surface area contributed by atoms with Gasteiger partial charge >= 0.3 is 11.6 Å². The topological polar surface area (TPSA) is 110 Å². The van der Waals surface area contributed by atoms with E-state index in [-0.39, 0.29) is 17.8 Å². The third-order valence-electron chi connectivity index (χ3n) is 5.58. The lowest BCUT2D eigenvalue weighted by Crippen LogP contribution is -2.39. The van der Waals surface area contributed by atoms with Crippen LogP contribution in [0.1, 0.15) is 23.6 Å². The summed E-state index contributed by atoms with van der Waals surface area (Å²) in [6, 6.07) is 6.76. The number of benzene rings is 2. The number of amides is 1. The van der Waals surface area contributed by atoms with E-state index in [2.05, 4.69) is 5.32 Å². The number of halogens is 1. The monoisotopic (exact) mass is 437 g/mol. The van der Waals surface area contributed by atoms with Crippen molar-refractivity contribution in [2.75, 3.05) is 0 Å². The van der Waals surface area contributed by atoms with Crippen LogP contribution in [0.4, 0.5) is 4.39 Å². The van der Waals surface area contributed by atoms with Crippen molar-refractivity contribution in [3.8, 4) is 11.1 Å². The van der Waals surface area contributed by atoms with E-state index in [9.17, 15) is 18.8 Å². The molecule has 1 unspecified atom stereocenters. The Labute approximate surface area is 181 Å². The van der Waals surface area contributed by atoms with Gasteiger partial charge in [-0.3, -0.25) is 9.59 Å². The van der Waals surface area contributed by atoms with Crippen LogP contribution >= 0.6 is 0 Å². The molecule has 32 heavy (non-hydrogen) atoms. The first-order chi connectivity index (χ1) is 15.2. The highest BCUT2D eigenvalue weighted by Gasteiger charge is 2.21. The summed E-state index contributed by atoms with van der Waals surface area (Å²) in [5.41, 5.74) is 3.08. The first-order valence-corrected chi connectivity index (χ1v) is 9.92. The molecular weight excluding hydrogens is 417 g/mol. The zero-order valence-corrected chi connectivity index (χ0v) is 17.6. The second-order valence-electron chi connectivity index (χ2n) is 7.71. The molecule has 1 atom stereocenters. The Morgan fingerprint density at radius 2 is 1.78 bits per heavy atom. The number of aryl methyl sites for hydroxylation is 2. The van der Waals surface area contributed by atoms with E-state index in [1.807, 2.05) is 6.07 Å². The molecule has 2 N–H and O–H groups in total. The standard InChI is InChI=1S/C24H20FNO6/c1-11-16-8-18-19(14-4-6-15(25)7-5-14)10-31-21(18)12(2)22(16)32-24(30)17(11)9-20(27)26-13(3)23(28)29/h4-8,10,13H,9H2,1-3H3,(H,26,27)(H,28,29). The smallest absolute Gasteiger partial charge is 0.340 e. The van der Waals surface area contributed by atoms with Gasteiger partial charge in [-0.05, 0) is 50.1 Å². The van der Waals surface area contributed by atoms with E-state index in [1.54, 1.807) is 32.2 Å². The molecule has 2 aromatic carbocycles. The predicted molar refractivity (Wildman–Crippen MR) is 116 cm³/mol. The molecule has 0 aliphatic rings. The maximum absolute atomic E-state index is 13.3. The third-order valence-corrected chi connectivity index (χ3v) is 5.58. The minimum atomic E-state index is -1.17. The molecule has 0 spiro atoms. The molecule has 2 heterocycles. The van der Waals surface area contributed by atoms with Gasteiger partial charge in [0.25, 0.3) is 0 Å². The first kappa shape index (κ1) is 21.3. The number of aliphatic carboxylic acids is 1. The molecule has 164 valence electrons. The first-order valence-electron chi connectivity index (χ1n) is 9.92. The molecule has 4 rings (SSSR count). The van der Waals surface area contributed by atoms with E-state index >= 15 is 0 Å². The van der Waals surface area contributed by atoms with Gasteiger partial charge in [0.05, 0.1) is 18.2 Å². The quantitative estimate of drug-likeness (QED) is 0.455. The molecule has 0 radical (unpaired) electrons. The van der Waals surface area contributed by atoms with Crippen LogP contribution in [0.5, 0.6) is 0 Å². The second-order valence-corrected chi connectivity index (χ2v) is 7.71. The second kappa shape index (κ2) is 7.96. The Balaban J connectivity index is 1.85. The van der Waals surface area contributed by atoms with Crippen molar-refractivity contribution in [3.05, 3.63) is 69.5 Å².